The van der Waals surface area contributed by atoms with Gasteiger partial charge in [0.25, 0.3) is 5.91 Å². The standard InChI is InChI=1S/C20H32N4O/c1-20(2,3)24-18(13-15(21-24)14-9-10-14)19(25)23-12-6-8-17(23)16-7-5-11-22(16)4/h13-14,16-17H,5-12H2,1-4H3/t16-,17+/m1/s1. The Kier molecular flexibility index (Phi) is 4.18. The third kappa shape index (κ3) is 3.12. The molecule has 0 bridgehead atoms. The summed E-state index contributed by atoms with van der Waals surface area (Å²) in [5.74, 6) is 0.766. The first kappa shape index (κ1) is 17.1. The highest BCUT2D eigenvalue weighted by molar-refractivity contribution is 5.93. The number of aromatic nitrogens is 2. The van der Waals surface area contributed by atoms with Gasteiger partial charge in [0.05, 0.1) is 11.2 Å². The summed E-state index contributed by atoms with van der Waals surface area (Å²) < 4.78 is 1.98. The summed E-state index contributed by atoms with van der Waals surface area (Å²) in [5.41, 5.74) is 1.74. The molecule has 1 saturated carbocycles. The van der Waals surface area contributed by atoms with Crippen molar-refractivity contribution in [1.29, 1.82) is 0 Å². The topological polar surface area (TPSA) is 41.4 Å². The molecule has 3 aliphatic rings. The van der Waals surface area contributed by atoms with Gasteiger partial charge in [-0.15, -0.1) is 0 Å². The average molecular weight is 345 g/mol. The van der Waals surface area contributed by atoms with E-state index in [9.17, 15) is 4.79 Å². The molecule has 0 unspecified atom stereocenters. The average Bonchev–Trinajstić information content (AvgIpc) is 2.99. The van der Waals surface area contributed by atoms with Crippen molar-refractivity contribution in [3.63, 3.8) is 0 Å². The summed E-state index contributed by atoms with van der Waals surface area (Å²) in [6, 6.07) is 2.98. The normalized spacial score (nSPS) is 28.1. The molecule has 0 radical (unpaired) electrons. The first-order valence-corrected chi connectivity index (χ1v) is 9.98. The van der Waals surface area contributed by atoms with Crippen LogP contribution < -0.4 is 0 Å². The molecular weight excluding hydrogens is 312 g/mol. The van der Waals surface area contributed by atoms with Gasteiger partial charge in [-0.3, -0.25) is 9.48 Å². The highest BCUT2D eigenvalue weighted by Gasteiger charge is 2.40. The van der Waals surface area contributed by atoms with E-state index in [0.717, 1.165) is 37.3 Å². The zero-order valence-electron chi connectivity index (χ0n) is 16.2. The number of hydrogen-bond acceptors (Lipinski definition) is 3. The molecule has 1 aromatic heterocycles. The molecule has 3 heterocycles. The van der Waals surface area contributed by atoms with E-state index >= 15 is 0 Å². The summed E-state index contributed by atoms with van der Waals surface area (Å²) in [6.45, 7) is 8.47. The van der Waals surface area contributed by atoms with Crippen LogP contribution in [0.2, 0.25) is 0 Å². The van der Waals surface area contributed by atoms with Gasteiger partial charge in [0.1, 0.15) is 5.69 Å². The Balaban J connectivity index is 1.63. The van der Waals surface area contributed by atoms with Crippen molar-refractivity contribution in [3.05, 3.63) is 17.5 Å². The van der Waals surface area contributed by atoms with E-state index in [-0.39, 0.29) is 11.4 Å². The van der Waals surface area contributed by atoms with Crippen LogP contribution in [0.25, 0.3) is 0 Å². The molecule has 2 atom stereocenters. The number of nitrogens with zero attached hydrogens (tertiary/aromatic N) is 4. The van der Waals surface area contributed by atoms with E-state index in [1.54, 1.807) is 0 Å². The van der Waals surface area contributed by atoms with Crippen LogP contribution in [0.15, 0.2) is 6.07 Å². The summed E-state index contributed by atoms with van der Waals surface area (Å²) in [6.07, 6.45) is 7.17. The van der Waals surface area contributed by atoms with Crippen molar-refractivity contribution in [2.24, 2.45) is 0 Å². The Hall–Kier alpha value is -1.36. The van der Waals surface area contributed by atoms with Crippen LogP contribution in [-0.4, -0.2) is 57.7 Å². The fourth-order valence-electron chi connectivity index (χ4n) is 4.66. The van der Waals surface area contributed by atoms with Crippen LogP contribution in [-0.2, 0) is 5.54 Å². The second-order valence-corrected chi connectivity index (χ2v) is 9.21. The molecule has 5 heteroatoms. The van der Waals surface area contributed by atoms with E-state index in [0.29, 0.717) is 18.0 Å². The van der Waals surface area contributed by atoms with Crippen molar-refractivity contribution in [2.75, 3.05) is 20.1 Å². The van der Waals surface area contributed by atoms with Crippen molar-refractivity contribution < 1.29 is 4.79 Å². The van der Waals surface area contributed by atoms with E-state index < -0.39 is 0 Å². The summed E-state index contributed by atoms with van der Waals surface area (Å²) in [7, 11) is 2.21. The van der Waals surface area contributed by atoms with Crippen molar-refractivity contribution in [3.8, 4) is 0 Å². The third-order valence-corrected chi connectivity index (χ3v) is 6.16. The number of hydrogen-bond donors (Lipinski definition) is 0. The lowest BCUT2D eigenvalue weighted by atomic mass is 10.0. The Morgan fingerprint density at radius 2 is 1.76 bits per heavy atom. The summed E-state index contributed by atoms with van der Waals surface area (Å²) >= 11 is 0. The van der Waals surface area contributed by atoms with Crippen LogP contribution in [0, 0.1) is 0 Å². The SMILES string of the molecule is CN1CCC[C@@H]1[C@@H]1CCCN1C(=O)c1cc(C2CC2)nn1C(C)(C)C. The Morgan fingerprint density at radius 1 is 1.08 bits per heavy atom. The number of amides is 1. The van der Waals surface area contributed by atoms with Gasteiger partial charge in [0, 0.05) is 24.5 Å². The molecule has 1 amide bonds. The minimum atomic E-state index is -0.169. The van der Waals surface area contributed by atoms with Crippen LogP contribution in [0.4, 0.5) is 0 Å². The van der Waals surface area contributed by atoms with Gasteiger partial charge in [0.2, 0.25) is 0 Å². The summed E-state index contributed by atoms with van der Waals surface area (Å²) in [4.78, 5) is 18.1. The lowest BCUT2D eigenvalue weighted by Crippen LogP contribution is -2.48. The number of rotatable bonds is 3. The van der Waals surface area contributed by atoms with Gasteiger partial charge in [-0.05, 0) is 79.0 Å². The Morgan fingerprint density at radius 3 is 2.36 bits per heavy atom. The second-order valence-electron chi connectivity index (χ2n) is 9.21. The molecule has 0 spiro atoms. The maximum Gasteiger partial charge on any atom is 0.272 e. The molecule has 2 aliphatic heterocycles. The number of likely N-dealkylation sites (N-methyl/N-ethyl adjacent to an activating group) is 1. The summed E-state index contributed by atoms with van der Waals surface area (Å²) in [5, 5.41) is 4.83. The van der Waals surface area contributed by atoms with Crippen LogP contribution in [0.1, 0.15) is 81.4 Å². The smallest absolute Gasteiger partial charge is 0.272 e. The largest absolute Gasteiger partial charge is 0.333 e. The predicted molar refractivity (Wildman–Crippen MR) is 98.9 cm³/mol. The quantitative estimate of drug-likeness (QED) is 0.845. The highest BCUT2D eigenvalue weighted by atomic mass is 16.2. The fraction of sp³-hybridized carbons (Fsp3) is 0.800. The molecule has 2 saturated heterocycles. The van der Waals surface area contributed by atoms with Gasteiger partial charge in [0.15, 0.2) is 0 Å². The van der Waals surface area contributed by atoms with Gasteiger partial charge in [-0.1, -0.05) is 0 Å². The fourth-order valence-corrected chi connectivity index (χ4v) is 4.66. The minimum Gasteiger partial charge on any atom is -0.333 e. The predicted octanol–water partition coefficient (Wildman–Crippen LogP) is 3.21. The molecule has 1 aliphatic carbocycles. The lowest BCUT2D eigenvalue weighted by molar-refractivity contribution is 0.0644. The van der Waals surface area contributed by atoms with Crippen molar-refractivity contribution in [2.45, 2.75) is 82.8 Å². The van der Waals surface area contributed by atoms with Crippen LogP contribution >= 0.6 is 0 Å². The van der Waals surface area contributed by atoms with E-state index in [1.165, 1.54) is 25.7 Å². The molecule has 0 N–H and O–H groups in total. The monoisotopic (exact) mass is 344 g/mol. The molecule has 25 heavy (non-hydrogen) atoms. The van der Waals surface area contributed by atoms with Gasteiger partial charge in [-0.25, -0.2) is 0 Å². The number of likely N-dealkylation sites (tertiary alicyclic amines) is 2. The molecule has 3 fully saturated rings. The molecule has 0 aromatic carbocycles. The van der Waals surface area contributed by atoms with Crippen molar-refractivity contribution in [1.82, 2.24) is 19.6 Å². The molecule has 138 valence electrons. The second kappa shape index (κ2) is 6.11. The highest BCUT2D eigenvalue weighted by Crippen LogP contribution is 2.40. The van der Waals surface area contributed by atoms with Gasteiger partial charge >= 0.3 is 0 Å². The van der Waals surface area contributed by atoms with Crippen LogP contribution in [0.3, 0.4) is 0 Å². The van der Waals surface area contributed by atoms with Crippen LogP contribution in [0.5, 0.6) is 0 Å². The zero-order valence-corrected chi connectivity index (χ0v) is 16.2. The Labute approximate surface area is 151 Å². The van der Waals surface area contributed by atoms with E-state index in [2.05, 4.69) is 43.7 Å². The van der Waals surface area contributed by atoms with Gasteiger partial charge < -0.3 is 9.80 Å². The molecule has 5 nitrogen and oxygen atoms in total. The number of carbonyl (C=O) groups is 1. The number of carbonyl (C=O) groups excluding carboxylic acids is 1. The van der Waals surface area contributed by atoms with Gasteiger partial charge in [-0.2, -0.15) is 5.10 Å². The maximum atomic E-state index is 13.5. The Bertz CT molecular complexity index is 655. The van der Waals surface area contributed by atoms with E-state index in [4.69, 9.17) is 5.10 Å². The first-order chi connectivity index (χ1) is 11.9. The van der Waals surface area contributed by atoms with Crippen molar-refractivity contribution >= 4 is 5.91 Å². The molecule has 1 aromatic rings. The molecule has 4 rings (SSSR count). The van der Waals surface area contributed by atoms with E-state index in [1.807, 2.05) is 4.68 Å². The molecular formula is C20H32N4O. The first-order valence-electron chi connectivity index (χ1n) is 9.98. The lowest BCUT2D eigenvalue weighted by Gasteiger charge is -2.34. The maximum absolute atomic E-state index is 13.5. The third-order valence-electron chi connectivity index (χ3n) is 6.16. The zero-order chi connectivity index (χ0) is 17.8. The minimum absolute atomic E-state index is 0.169.